The molecule has 0 saturated carbocycles. The summed E-state index contributed by atoms with van der Waals surface area (Å²) < 4.78 is 6.04. The highest BCUT2D eigenvalue weighted by Crippen LogP contribution is 2.36. The third kappa shape index (κ3) is 3.07. The summed E-state index contributed by atoms with van der Waals surface area (Å²) in [6.45, 7) is 7.18. The van der Waals surface area contributed by atoms with Crippen LogP contribution in [0.4, 0.5) is 0 Å². The third-order valence-corrected chi connectivity index (χ3v) is 4.99. The smallest absolute Gasteiger partial charge is 0.0964 e. The monoisotopic (exact) mass is 360 g/mol. The fourth-order valence-corrected chi connectivity index (χ4v) is 3.46. The second kappa shape index (κ2) is 6.87. The summed E-state index contributed by atoms with van der Waals surface area (Å²) in [5.74, 6) is 0. The van der Waals surface area contributed by atoms with Crippen molar-refractivity contribution in [2.45, 2.75) is 33.4 Å². The standard InChI is InChI=1S/C21H24N6/c1-5-26-13-19(15(2)24-26)21-20(17-9-7-6-8-10-17)22-14-27(21)16(3)18-11-23-25(4)12-18/h6-14,16H,5H2,1-4H3/t16-/m0/s1. The zero-order valence-corrected chi connectivity index (χ0v) is 16.2. The van der Waals surface area contributed by atoms with E-state index >= 15 is 0 Å². The molecule has 1 atom stereocenters. The Morgan fingerprint density at radius 2 is 1.89 bits per heavy atom. The number of hydrogen-bond donors (Lipinski definition) is 0. The van der Waals surface area contributed by atoms with Crippen molar-refractivity contribution in [3.63, 3.8) is 0 Å². The van der Waals surface area contributed by atoms with E-state index in [2.05, 4.69) is 60.1 Å². The summed E-state index contributed by atoms with van der Waals surface area (Å²) in [4.78, 5) is 4.79. The lowest BCUT2D eigenvalue weighted by molar-refractivity contribution is 0.642. The van der Waals surface area contributed by atoms with Gasteiger partial charge in [-0.25, -0.2) is 4.98 Å². The van der Waals surface area contributed by atoms with Crippen LogP contribution in [0.3, 0.4) is 0 Å². The van der Waals surface area contributed by atoms with E-state index in [1.54, 1.807) is 0 Å². The van der Waals surface area contributed by atoms with E-state index in [0.29, 0.717) is 0 Å². The number of rotatable bonds is 5. The molecule has 0 aliphatic carbocycles. The maximum absolute atomic E-state index is 4.79. The number of aromatic nitrogens is 6. The van der Waals surface area contributed by atoms with Crippen LogP contribution >= 0.6 is 0 Å². The first kappa shape index (κ1) is 17.3. The van der Waals surface area contributed by atoms with Crippen molar-refractivity contribution in [1.82, 2.24) is 29.1 Å². The third-order valence-electron chi connectivity index (χ3n) is 4.99. The average Bonchev–Trinajstić information content (AvgIpc) is 3.39. The van der Waals surface area contributed by atoms with Crippen LogP contribution in [-0.4, -0.2) is 29.1 Å². The maximum atomic E-state index is 4.79. The summed E-state index contributed by atoms with van der Waals surface area (Å²) in [7, 11) is 1.94. The van der Waals surface area contributed by atoms with Gasteiger partial charge in [0.1, 0.15) is 0 Å². The molecule has 6 nitrogen and oxygen atoms in total. The summed E-state index contributed by atoms with van der Waals surface area (Å²) in [6, 6.07) is 10.4. The van der Waals surface area contributed by atoms with Gasteiger partial charge in [-0.05, 0) is 20.8 Å². The molecule has 27 heavy (non-hydrogen) atoms. The minimum absolute atomic E-state index is 0.114. The maximum Gasteiger partial charge on any atom is 0.0964 e. The van der Waals surface area contributed by atoms with E-state index in [-0.39, 0.29) is 6.04 Å². The van der Waals surface area contributed by atoms with E-state index in [4.69, 9.17) is 4.98 Å². The molecule has 0 spiro atoms. The molecular weight excluding hydrogens is 336 g/mol. The normalized spacial score (nSPS) is 12.4. The predicted octanol–water partition coefficient (Wildman–Crippen LogP) is 4.08. The molecule has 0 aliphatic heterocycles. The van der Waals surface area contributed by atoms with Crippen LogP contribution in [0, 0.1) is 6.92 Å². The second-order valence-electron chi connectivity index (χ2n) is 6.82. The number of hydrogen-bond acceptors (Lipinski definition) is 3. The van der Waals surface area contributed by atoms with Crippen molar-refractivity contribution in [3.05, 3.63) is 66.5 Å². The number of nitrogens with zero attached hydrogens (tertiary/aromatic N) is 6. The van der Waals surface area contributed by atoms with Crippen LogP contribution in [-0.2, 0) is 13.6 Å². The predicted molar refractivity (Wildman–Crippen MR) is 106 cm³/mol. The van der Waals surface area contributed by atoms with Crippen LogP contribution in [0.15, 0.2) is 55.2 Å². The molecule has 0 N–H and O–H groups in total. The molecular formula is C21H24N6. The summed E-state index contributed by atoms with van der Waals surface area (Å²) >= 11 is 0. The van der Waals surface area contributed by atoms with Crippen LogP contribution in [0.2, 0.25) is 0 Å². The van der Waals surface area contributed by atoms with Crippen molar-refractivity contribution in [1.29, 1.82) is 0 Å². The van der Waals surface area contributed by atoms with Gasteiger partial charge in [-0.15, -0.1) is 0 Å². The van der Waals surface area contributed by atoms with E-state index in [9.17, 15) is 0 Å². The van der Waals surface area contributed by atoms with Crippen LogP contribution in [0.25, 0.3) is 22.5 Å². The Hall–Kier alpha value is -3.15. The highest BCUT2D eigenvalue weighted by molar-refractivity contribution is 5.79. The Bertz CT molecular complexity index is 1050. The highest BCUT2D eigenvalue weighted by atomic mass is 15.3. The van der Waals surface area contributed by atoms with Crippen molar-refractivity contribution >= 4 is 0 Å². The SMILES string of the molecule is CCn1cc(-c2c(-c3ccccc3)ncn2[C@@H](C)c2cnn(C)c2)c(C)n1. The lowest BCUT2D eigenvalue weighted by Gasteiger charge is -2.16. The van der Waals surface area contributed by atoms with Crippen molar-refractivity contribution in [3.8, 4) is 22.5 Å². The van der Waals surface area contributed by atoms with Crippen LogP contribution < -0.4 is 0 Å². The van der Waals surface area contributed by atoms with Gasteiger partial charge in [0.05, 0.1) is 35.6 Å². The first-order valence-corrected chi connectivity index (χ1v) is 9.23. The molecule has 0 bridgehead atoms. The number of aryl methyl sites for hydroxylation is 3. The number of imidazole rings is 1. The van der Waals surface area contributed by atoms with Gasteiger partial charge in [0, 0.05) is 42.7 Å². The van der Waals surface area contributed by atoms with Gasteiger partial charge in [-0.3, -0.25) is 9.36 Å². The molecule has 4 aromatic rings. The van der Waals surface area contributed by atoms with Crippen LogP contribution in [0.5, 0.6) is 0 Å². The minimum atomic E-state index is 0.114. The van der Waals surface area contributed by atoms with Crippen molar-refractivity contribution < 1.29 is 0 Å². The largest absolute Gasteiger partial charge is 0.323 e. The van der Waals surface area contributed by atoms with Crippen LogP contribution in [0.1, 0.15) is 31.1 Å². The first-order chi connectivity index (χ1) is 13.1. The fraction of sp³-hybridized carbons (Fsp3) is 0.286. The molecule has 1 aromatic carbocycles. The molecule has 0 saturated heterocycles. The lowest BCUT2D eigenvalue weighted by atomic mass is 10.0. The molecule has 3 aromatic heterocycles. The second-order valence-corrected chi connectivity index (χ2v) is 6.82. The molecule has 3 heterocycles. The zero-order chi connectivity index (χ0) is 19.0. The highest BCUT2D eigenvalue weighted by Gasteiger charge is 2.22. The van der Waals surface area contributed by atoms with E-state index in [1.807, 2.05) is 47.1 Å². The molecule has 0 amide bonds. The zero-order valence-electron chi connectivity index (χ0n) is 16.2. The summed E-state index contributed by atoms with van der Waals surface area (Å²) in [5, 5.41) is 8.99. The van der Waals surface area contributed by atoms with Gasteiger partial charge in [0.25, 0.3) is 0 Å². The van der Waals surface area contributed by atoms with E-state index < -0.39 is 0 Å². The Morgan fingerprint density at radius 3 is 2.52 bits per heavy atom. The van der Waals surface area contributed by atoms with Crippen molar-refractivity contribution in [2.24, 2.45) is 7.05 Å². The van der Waals surface area contributed by atoms with Crippen molar-refractivity contribution in [2.75, 3.05) is 0 Å². The van der Waals surface area contributed by atoms with Gasteiger partial charge < -0.3 is 4.57 Å². The molecule has 6 heteroatoms. The fourth-order valence-electron chi connectivity index (χ4n) is 3.46. The molecule has 4 rings (SSSR count). The number of benzene rings is 1. The topological polar surface area (TPSA) is 53.5 Å². The van der Waals surface area contributed by atoms with Gasteiger partial charge in [-0.2, -0.15) is 10.2 Å². The minimum Gasteiger partial charge on any atom is -0.323 e. The van der Waals surface area contributed by atoms with Gasteiger partial charge in [-0.1, -0.05) is 30.3 Å². The molecule has 0 aliphatic rings. The quantitative estimate of drug-likeness (QED) is 0.539. The molecule has 138 valence electrons. The Kier molecular flexibility index (Phi) is 4.39. The van der Waals surface area contributed by atoms with Gasteiger partial charge in [0.2, 0.25) is 0 Å². The van der Waals surface area contributed by atoms with E-state index in [1.165, 1.54) is 0 Å². The summed E-state index contributed by atoms with van der Waals surface area (Å²) in [6.07, 6.45) is 8.02. The molecule has 0 fully saturated rings. The van der Waals surface area contributed by atoms with E-state index in [0.717, 1.165) is 40.3 Å². The Morgan fingerprint density at radius 1 is 1.11 bits per heavy atom. The van der Waals surface area contributed by atoms with Gasteiger partial charge >= 0.3 is 0 Å². The Balaban J connectivity index is 1.92. The molecule has 0 radical (unpaired) electrons. The summed E-state index contributed by atoms with van der Waals surface area (Å²) in [5.41, 5.74) is 6.45. The first-order valence-electron chi connectivity index (χ1n) is 9.23. The Labute approximate surface area is 159 Å². The van der Waals surface area contributed by atoms with Gasteiger partial charge in [0.15, 0.2) is 0 Å². The molecule has 0 unspecified atom stereocenters. The average molecular weight is 360 g/mol. The lowest BCUT2D eigenvalue weighted by Crippen LogP contribution is -2.07.